The van der Waals surface area contributed by atoms with Crippen molar-refractivity contribution in [3.8, 4) is 0 Å². The fourth-order valence-electron chi connectivity index (χ4n) is 1.38. The lowest BCUT2D eigenvalue weighted by atomic mass is 10.4. The van der Waals surface area contributed by atoms with Gasteiger partial charge in [0.1, 0.15) is 10.7 Å². The molecule has 12 heavy (non-hydrogen) atoms. The minimum atomic E-state index is 0.123. The fourth-order valence-corrected chi connectivity index (χ4v) is 2.40. The lowest BCUT2D eigenvalue weighted by Gasteiger charge is -1.94. The fraction of sp³-hybridized carbons (Fsp3) is 0.375. The van der Waals surface area contributed by atoms with Crippen LogP contribution in [0.2, 0.25) is 0 Å². The molecule has 0 amide bonds. The maximum absolute atomic E-state index is 9.01. The molecule has 0 atom stereocenters. The standard InChI is InChI=1S/C8H10N2OS/c1-5-7(4-11)12-8-3-9-6(2)10(5)8/h3,11H,4H2,1-2H3. The predicted molar refractivity (Wildman–Crippen MR) is 48.5 cm³/mol. The van der Waals surface area contributed by atoms with Crippen LogP contribution in [0.25, 0.3) is 4.83 Å². The molecule has 2 heterocycles. The predicted octanol–water partition coefficient (Wildman–Crippen LogP) is 1.50. The summed E-state index contributed by atoms with van der Waals surface area (Å²) >= 11 is 1.60. The first-order valence-corrected chi connectivity index (χ1v) is 4.59. The Morgan fingerprint density at radius 3 is 2.92 bits per heavy atom. The molecule has 0 fully saturated rings. The van der Waals surface area contributed by atoms with Crippen LogP contribution in [0.3, 0.4) is 0 Å². The first kappa shape index (κ1) is 7.76. The van der Waals surface area contributed by atoms with E-state index in [1.165, 1.54) is 0 Å². The van der Waals surface area contributed by atoms with Crippen molar-refractivity contribution in [2.45, 2.75) is 20.5 Å². The molecule has 0 unspecified atom stereocenters. The molecule has 0 aromatic carbocycles. The third kappa shape index (κ3) is 0.884. The number of imidazole rings is 1. The van der Waals surface area contributed by atoms with Crippen molar-refractivity contribution >= 4 is 16.2 Å². The van der Waals surface area contributed by atoms with Gasteiger partial charge in [-0.1, -0.05) is 0 Å². The van der Waals surface area contributed by atoms with E-state index in [9.17, 15) is 0 Å². The molecule has 2 rings (SSSR count). The summed E-state index contributed by atoms with van der Waals surface area (Å²) in [7, 11) is 0. The molecule has 0 spiro atoms. The number of aliphatic hydroxyl groups is 1. The van der Waals surface area contributed by atoms with E-state index in [1.807, 2.05) is 20.0 Å². The third-order valence-corrected chi connectivity index (χ3v) is 3.18. The Morgan fingerprint density at radius 2 is 2.33 bits per heavy atom. The monoisotopic (exact) mass is 182 g/mol. The number of aromatic nitrogens is 2. The summed E-state index contributed by atoms with van der Waals surface area (Å²) in [6.07, 6.45) is 1.84. The van der Waals surface area contributed by atoms with Crippen LogP contribution < -0.4 is 0 Å². The maximum atomic E-state index is 9.01. The molecule has 0 bridgehead atoms. The second-order valence-electron chi connectivity index (χ2n) is 2.75. The van der Waals surface area contributed by atoms with E-state index in [0.29, 0.717) is 0 Å². The molecular weight excluding hydrogens is 172 g/mol. The van der Waals surface area contributed by atoms with Gasteiger partial charge in [0, 0.05) is 5.69 Å². The van der Waals surface area contributed by atoms with Gasteiger partial charge in [0.15, 0.2) is 0 Å². The van der Waals surface area contributed by atoms with Gasteiger partial charge in [-0.3, -0.25) is 4.40 Å². The van der Waals surface area contributed by atoms with Gasteiger partial charge in [-0.2, -0.15) is 0 Å². The van der Waals surface area contributed by atoms with Crippen molar-refractivity contribution in [1.82, 2.24) is 9.38 Å². The Kier molecular flexibility index (Phi) is 1.66. The summed E-state index contributed by atoms with van der Waals surface area (Å²) in [5.74, 6) is 0.985. The quantitative estimate of drug-likeness (QED) is 0.725. The first-order valence-electron chi connectivity index (χ1n) is 3.77. The molecule has 3 nitrogen and oxygen atoms in total. The van der Waals surface area contributed by atoms with E-state index in [2.05, 4.69) is 9.38 Å². The summed E-state index contributed by atoms with van der Waals surface area (Å²) in [4.78, 5) is 6.31. The molecule has 0 aliphatic heterocycles. The Bertz CT molecular complexity index is 416. The molecule has 2 aromatic heterocycles. The van der Waals surface area contributed by atoms with Crippen LogP contribution in [-0.4, -0.2) is 14.5 Å². The third-order valence-electron chi connectivity index (χ3n) is 2.02. The normalized spacial score (nSPS) is 11.2. The molecule has 0 radical (unpaired) electrons. The molecular formula is C8H10N2OS. The van der Waals surface area contributed by atoms with Crippen molar-refractivity contribution < 1.29 is 5.11 Å². The van der Waals surface area contributed by atoms with E-state index in [1.54, 1.807) is 11.3 Å². The highest BCUT2D eigenvalue weighted by molar-refractivity contribution is 7.17. The van der Waals surface area contributed by atoms with Gasteiger partial charge in [-0.25, -0.2) is 4.98 Å². The summed E-state index contributed by atoms with van der Waals surface area (Å²) in [5, 5.41) is 9.01. The molecule has 0 saturated carbocycles. The van der Waals surface area contributed by atoms with Crippen molar-refractivity contribution in [2.24, 2.45) is 0 Å². The molecule has 0 aliphatic rings. The van der Waals surface area contributed by atoms with Crippen LogP contribution in [0, 0.1) is 13.8 Å². The van der Waals surface area contributed by atoms with E-state index in [-0.39, 0.29) is 6.61 Å². The highest BCUT2D eigenvalue weighted by atomic mass is 32.1. The lowest BCUT2D eigenvalue weighted by molar-refractivity contribution is 0.284. The van der Waals surface area contributed by atoms with Crippen LogP contribution in [0.1, 0.15) is 16.4 Å². The second kappa shape index (κ2) is 2.57. The molecule has 0 saturated heterocycles. The number of fused-ring (bicyclic) bond motifs is 1. The molecule has 1 N–H and O–H groups in total. The average molecular weight is 182 g/mol. The number of nitrogens with zero attached hydrogens (tertiary/aromatic N) is 2. The van der Waals surface area contributed by atoms with E-state index in [0.717, 1.165) is 21.2 Å². The SMILES string of the molecule is Cc1ncc2sc(CO)c(C)n12. The van der Waals surface area contributed by atoms with Crippen LogP contribution in [-0.2, 0) is 6.61 Å². The van der Waals surface area contributed by atoms with Crippen molar-refractivity contribution in [1.29, 1.82) is 0 Å². The Labute approximate surface area is 74.3 Å². The van der Waals surface area contributed by atoms with E-state index < -0.39 is 0 Å². The number of hydrogen-bond acceptors (Lipinski definition) is 3. The number of hydrogen-bond donors (Lipinski definition) is 1. The smallest absolute Gasteiger partial charge is 0.120 e. The summed E-state index contributed by atoms with van der Waals surface area (Å²) in [6.45, 7) is 4.09. The summed E-state index contributed by atoms with van der Waals surface area (Å²) in [6, 6.07) is 0. The zero-order valence-electron chi connectivity index (χ0n) is 7.03. The minimum absolute atomic E-state index is 0.123. The van der Waals surface area contributed by atoms with Crippen molar-refractivity contribution in [3.05, 3.63) is 22.6 Å². The summed E-state index contributed by atoms with van der Waals surface area (Å²) < 4.78 is 2.07. The van der Waals surface area contributed by atoms with Crippen LogP contribution in [0.4, 0.5) is 0 Å². The van der Waals surface area contributed by atoms with Crippen molar-refractivity contribution in [3.63, 3.8) is 0 Å². The molecule has 64 valence electrons. The highest BCUT2D eigenvalue weighted by Crippen LogP contribution is 2.23. The first-order chi connectivity index (χ1) is 5.74. The van der Waals surface area contributed by atoms with Crippen LogP contribution in [0.15, 0.2) is 6.20 Å². The van der Waals surface area contributed by atoms with Crippen molar-refractivity contribution in [2.75, 3.05) is 0 Å². The van der Waals surface area contributed by atoms with E-state index in [4.69, 9.17) is 5.11 Å². The van der Waals surface area contributed by atoms with Gasteiger partial charge in [0.25, 0.3) is 0 Å². The van der Waals surface area contributed by atoms with Gasteiger partial charge in [0.2, 0.25) is 0 Å². The zero-order chi connectivity index (χ0) is 8.72. The Hall–Kier alpha value is -0.870. The zero-order valence-corrected chi connectivity index (χ0v) is 7.85. The van der Waals surface area contributed by atoms with Gasteiger partial charge in [0.05, 0.1) is 17.7 Å². The van der Waals surface area contributed by atoms with Crippen LogP contribution in [0.5, 0.6) is 0 Å². The largest absolute Gasteiger partial charge is 0.391 e. The lowest BCUT2D eigenvalue weighted by Crippen LogP contribution is -1.90. The number of aryl methyl sites for hydroxylation is 2. The Balaban J connectivity index is 2.80. The minimum Gasteiger partial charge on any atom is -0.391 e. The molecule has 4 heteroatoms. The average Bonchev–Trinajstić information content (AvgIpc) is 2.55. The Morgan fingerprint density at radius 1 is 1.58 bits per heavy atom. The second-order valence-corrected chi connectivity index (χ2v) is 3.86. The van der Waals surface area contributed by atoms with Gasteiger partial charge >= 0.3 is 0 Å². The molecule has 0 aliphatic carbocycles. The van der Waals surface area contributed by atoms with Gasteiger partial charge < -0.3 is 5.11 Å². The van der Waals surface area contributed by atoms with Crippen LogP contribution >= 0.6 is 11.3 Å². The van der Waals surface area contributed by atoms with Gasteiger partial charge in [-0.15, -0.1) is 11.3 Å². The van der Waals surface area contributed by atoms with Gasteiger partial charge in [-0.05, 0) is 13.8 Å². The highest BCUT2D eigenvalue weighted by Gasteiger charge is 2.09. The maximum Gasteiger partial charge on any atom is 0.120 e. The summed E-state index contributed by atoms with van der Waals surface area (Å²) in [5.41, 5.74) is 1.10. The number of thiazole rings is 1. The molecule has 2 aromatic rings. The topological polar surface area (TPSA) is 37.5 Å². The number of aliphatic hydroxyl groups excluding tert-OH is 1. The number of rotatable bonds is 1. The van der Waals surface area contributed by atoms with E-state index >= 15 is 0 Å².